The van der Waals surface area contributed by atoms with E-state index in [-0.39, 0.29) is 6.10 Å². The summed E-state index contributed by atoms with van der Waals surface area (Å²) >= 11 is 0. The summed E-state index contributed by atoms with van der Waals surface area (Å²) in [7, 11) is 0. The molecule has 1 aliphatic rings. The Bertz CT molecular complexity index is 193. The van der Waals surface area contributed by atoms with Gasteiger partial charge in [-0.2, -0.15) is 0 Å². The first-order chi connectivity index (χ1) is 5.57. The maximum atomic E-state index is 9.73. The minimum Gasteiger partial charge on any atom is -0.392 e. The number of hydrogen-bond acceptors (Lipinski definition) is 1. The van der Waals surface area contributed by atoms with Crippen molar-refractivity contribution in [1.82, 2.24) is 0 Å². The second-order valence-electron chi connectivity index (χ2n) is 4.11. The summed E-state index contributed by atoms with van der Waals surface area (Å²) in [6.07, 6.45) is 1.92. The molecular weight excluding hydrogens is 148 g/mol. The molecule has 0 saturated carbocycles. The van der Waals surface area contributed by atoms with E-state index in [1.54, 1.807) is 0 Å². The molecule has 3 unspecified atom stereocenters. The second kappa shape index (κ2) is 3.61. The number of allylic oxidation sites excluding steroid dienone is 1. The van der Waals surface area contributed by atoms with Crippen LogP contribution in [-0.2, 0) is 0 Å². The lowest BCUT2D eigenvalue weighted by Crippen LogP contribution is -2.30. The summed E-state index contributed by atoms with van der Waals surface area (Å²) in [6.45, 7) is 8.73. The van der Waals surface area contributed by atoms with Crippen LogP contribution in [-0.4, -0.2) is 11.2 Å². The summed E-state index contributed by atoms with van der Waals surface area (Å²) in [5, 5.41) is 9.73. The van der Waals surface area contributed by atoms with Crippen LogP contribution in [0.1, 0.15) is 40.5 Å². The molecular formula is C11H20O. The topological polar surface area (TPSA) is 20.2 Å². The lowest BCUT2D eigenvalue weighted by Gasteiger charge is -2.34. The van der Waals surface area contributed by atoms with Crippen molar-refractivity contribution >= 4 is 0 Å². The molecule has 0 saturated heterocycles. The highest BCUT2D eigenvalue weighted by atomic mass is 16.3. The van der Waals surface area contributed by atoms with Crippen LogP contribution in [0.15, 0.2) is 11.1 Å². The average Bonchev–Trinajstić information content (AvgIpc) is 2.02. The van der Waals surface area contributed by atoms with Gasteiger partial charge < -0.3 is 5.11 Å². The Labute approximate surface area is 75.5 Å². The average molecular weight is 168 g/mol. The van der Waals surface area contributed by atoms with E-state index in [9.17, 15) is 5.11 Å². The van der Waals surface area contributed by atoms with E-state index in [1.807, 2.05) is 0 Å². The summed E-state index contributed by atoms with van der Waals surface area (Å²) in [6, 6.07) is 0. The molecule has 0 fully saturated rings. The number of hydrogen-bond donors (Lipinski definition) is 1. The zero-order valence-corrected chi connectivity index (χ0v) is 8.59. The van der Waals surface area contributed by atoms with E-state index in [0.29, 0.717) is 11.8 Å². The van der Waals surface area contributed by atoms with Gasteiger partial charge in [-0.1, -0.05) is 25.0 Å². The Morgan fingerprint density at radius 2 is 2.00 bits per heavy atom. The smallest absolute Gasteiger partial charge is 0.0608 e. The lowest BCUT2D eigenvalue weighted by atomic mass is 9.74. The van der Waals surface area contributed by atoms with Crippen LogP contribution < -0.4 is 0 Å². The second-order valence-corrected chi connectivity index (χ2v) is 4.11. The van der Waals surface area contributed by atoms with Crippen LogP contribution in [0.25, 0.3) is 0 Å². The van der Waals surface area contributed by atoms with E-state index in [0.717, 1.165) is 12.8 Å². The molecule has 0 aromatic rings. The first-order valence-corrected chi connectivity index (χ1v) is 4.92. The zero-order valence-electron chi connectivity index (χ0n) is 8.59. The van der Waals surface area contributed by atoms with E-state index >= 15 is 0 Å². The van der Waals surface area contributed by atoms with Gasteiger partial charge in [0.25, 0.3) is 0 Å². The number of aliphatic hydroxyl groups excluding tert-OH is 1. The highest BCUT2D eigenvalue weighted by molar-refractivity contribution is 5.19. The maximum Gasteiger partial charge on any atom is 0.0608 e. The van der Waals surface area contributed by atoms with Crippen molar-refractivity contribution in [3.8, 4) is 0 Å². The van der Waals surface area contributed by atoms with Gasteiger partial charge in [-0.3, -0.25) is 0 Å². The quantitative estimate of drug-likeness (QED) is 0.597. The summed E-state index contributed by atoms with van der Waals surface area (Å²) < 4.78 is 0. The standard InChI is InChI=1S/C11H20O/c1-5-10-8(3)7(2)6-11(12)9(10)4/h9-12H,5-6H2,1-4H3. The molecule has 1 heteroatoms. The van der Waals surface area contributed by atoms with Crippen LogP contribution in [0.5, 0.6) is 0 Å². The third-order valence-electron chi connectivity index (χ3n) is 3.43. The molecule has 70 valence electrons. The van der Waals surface area contributed by atoms with Gasteiger partial charge in [-0.15, -0.1) is 0 Å². The summed E-state index contributed by atoms with van der Waals surface area (Å²) in [5.74, 6) is 1.05. The van der Waals surface area contributed by atoms with Crippen LogP contribution in [0.4, 0.5) is 0 Å². The van der Waals surface area contributed by atoms with E-state index in [1.165, 1.54) is 11.1 Å². The van der Waals surface area contributed by atoms with Crippen molar-refractivity contribution in [2.24, 2.45) is 11.8 Å². The van der Waals surface area contributed by atoms with Crippen LogP contribution in [0.3, 0.4) is 0 Å². The van der Waals surface area contributed by atoms with Gasteiger partial charge in [-0.25, -0.2) is 0 Å². The monoisotopic (exact) mass is 168 g/mol. The molecule has 0 aromatic heterocycles. The SMILES string of the molecule is CCC1C(C)=C(C)CC(O)C1C. The van der Waals surface area contributed by atoms with Gasteiger partial charge >= 0.3 is 0 Å². The highest BCUT2D eigenvalue weighted by Crippen LogP contribution is 2.36. The van der Waals surface area contributed by atoms with Gasteiger partial charge in [0, 0.05) is 0 Å². The Kier molecular flexibility index (Phi) is 2.94. The molecule has 0 aromatic carbocycles. The summed E-state index contributed by atoms with van der Waals surface area (Å²) in [4.78, 5) is 0. The van der Waals surface area contributed by atoms with Crippen molar-refractivity contribution in [1.29, 1.82) is 0 Å². The van der Waals surface area contributed by atoms with Gasteiger partial charge in [0.15, 0.2) is 0 Å². The molecule has 0 bridgehead atoms. The van der Waals surface area contributed by atoms with Gasteiger partial charge in [0.05, 0.1) is 6.10 Å². The molecule has 12 heavy (non-hydrogen) atoms. The van der Waals surface area contributed by atoms with E-state index in [4.69, 9.17) is 0 Å². The molecule has 0 heterocycles. The summed E-state index contributed by atoms with van der Waals surface area (Å²) in [5.41, 5.74) is 2.91. The molecule has 1 nitrogen and oxygen atoms in total. The van der Waals surface area contributed by atoms with Crippen molar-refractivity contribution in [3.63, 3.8) is 0 Å². The van der Waals surface area contributed by atoms with Gasteiger partial charge in [-0.05, 0) is 38.5 Å². The first-order valence-electron chi connectivity index (χ1n) is 4.92. The van der Waals surface area contributed by atoms with Crippen molar-refractivity contribution < 1.29 is 5.11 Å². The number of rotatable bonds is 1. The number of aliphatic hydroxyl groups is 1. The lowest BCUT2D eigenvalue weighted by molar-refractivity contribution is 0.0802. The molecule has 0 amide bonds. The van der Waals surface area contributed by atoms with E-state index in [2.05, 4.69) is 27.7 Å². The van der Waals surface area contributed by atoms with Crippen molar-refractivity contribution in [3.05, 3.63) is 11.1 Å². The van der Waals surface area contributed by atoms with Crippen LogP contribution >= 0.6 is 0 Å². The zero-order chi connectivity index (χ0) is 9.30. The fourth-order valence-electron chi connectivity index (χ4n) is 2.32. The largest absolute Gasteiger partial charge is 0.392 e. The normalized spacial score (nSPS) is 37.2. The molecule has 0 radical (unpaired) electrons. The van der Waals surface area contributed by atoms with Crippen molar-refractivity contribution in [2.45, 2.75) is 46.6 Å². The third kappa shape index (κ3) is 1.56. The Hall–Kier alpha value is -0.300. The fourth-order valence-corrected chi connectivity index (χ4v) is 2.32. The minimum atomic E-state index is -0.112. The molecule has 1 N–H and O–H groups in total. The Morgan fingerprint density at radius 1 is 1.42 bits per heavy atom. The highest BCUT2D eigenvalue weighted by Gasteiger charge is 2.29. The predicted molar refractivity (Wildman–Crippen MR) is 51.9 cm³/mol. The fraction of sp³-hybridized carbons (Fsp3) is 0.818. The Morgan fingerprint density at radius 3 is 2.50 bits per heavy atom. The third-order valence-corrected chi connectivity index (χ3v) is 3.43. The van der Waals surface area contributed by atoms with E-state index < -0.39 is 0 Å². The maximum absolute atomic E-state index is 9.73. The predicted octanol–water partition coefficient (Wildman–Crippen LogP) is 2.75. The molecule has 0 aliphatic heterocycles. The molecule has 0 spiro atoms. The van der Waals surface area contributed by atoms with Crippen LogP contribution in [0.2, 0.25) is 0 Å². The molecule has 1 rings (SSSR count). The van der Waals surface area contributed by atoms with Crippen LogP contribution in [0, 0.1) is 11.8 Å². The van der Waals surface area contributed by atoms with Gasteiger partial charge in [0.2, 0.25) is 0 Å². The van der Waals surface area contributed by atoms with Gasteiger partial charge in [0.1, 0.15) is 0 Å². The minimum absolute atomic E-state index is 0.112. The Balaban J connectivity index is 2.88. The first kappa shape index (κ1) is 9.79. The molecule has 1 aliphatic carbocycles. The molecule has 3 atom stereocenters. The van der Waals surface area contributed by atoms with Crippen molar-refractivity contribution in [2.75, 3.05) is 0 Å².